The Bertz CT molecular complexity index is 911. The number of hydrogen-bond donors (Lipinski definition) is 1. The maximum absolute atomic E-state index is 13.2. The molecule has 2 rings (SSSR count). The van der Waals surface area contributed by atoms with E-state index in [0.29, 0.717) is 17.2 Å². The highest BCUT2D eigenvalue weighted by Gasteiger charge is 2.73. The lowest BCUT2D eigenvalue weighted by Crippen LogP contribution is -2.58. The van der Waals surface area contributed by atoms with Gasteiger partial charge in [0.15, 0.2) is 0 Å². The molecule has 0 radical (unpaired) electrons. The van der Waals surface area contributed by atoms with Crippen LogP contribution in [0.3, 0.4) is 0 Å². The first-order valence-electron chi connectivity index (χ1n) is 7.73. The Morgan fingerprint density at radius 2 is 1.57 bits per heavy atom. The predicted molar refractivity (Wildman–Crippen MR) is 99.3 cm³/mol. The molecule has 0 spiro atoms. The van der Waals surface area contributed by atoms with Crippen LogP contribution in [-0.4, -0.2) is 24.4 Å². The second kappa shape index (κ2) is 9.08. The van der Waals surface area contributed by atoms with Crippen LogP contribution in [0.4, 0.5) is 35.1 Å². The van der Waals surface area contributed by atoms with Crippen molar-refractivity contribution in [1.82, 2.24) is 5.43 Å². The summed E-state index contributed by atoms with van der Waals surface area (Å²) >= 11 is 6.29. The summed E-state index contributed by atoms with van der Waals surface area (Å²) in [4.78, 5) is 0. The Kier molecular flexibility index (Phi) is 7.38. The van der Waals surface area contributed by atoms with Crippen molar-refractivity contribution in [2.75, 3.05) is 0 Å². The summed E-state index contributed by atoms with van der Waals surface area (Å²) in [7, 11) is 0. The third-order valence-electron chi connectivity index (χ3n) is 3.46. The third kappa shape index (κ3) is 5.62. The fourth-order valence-electron chi connectivity index (χ4n) is 2.01. The topological polar surface area (TPSA) is 33.6 Å². The van der Waals surface area contributed by atoms with Crippen LogP contribution < -0.4 is 10.2 Å². The van der Waals surface area contributed by atoms with Gasteiger partial charge >= 0.3 is 18.1 Å². The molecule has 13 heteroatoms. The molecule has 1 N–H and O–H groups in total. The maximum atomic E-state index is 13.2. The molecule has 0 amide bonds. The first kappa shape index (κ1) is 24.4. The lowest BCUT2D eigenvalue weighted by Gasteiger charge is -2.27. The van der Waals surface area contributed by atoms with E-state index in [0.717, 1.165) is 0 Å². The summed E-state index contributed by atoms with van der Waals surface area (Å²) in [5.41, 5.74) is 1.11. The lowest BCUT2D eigenvalue weighted by atomic mass is 10.2. The zero-order valence-corrected chi connectivity index (χ0v) is 17.6. The first-order valence-corrected chi connectivity index (χ1v) is 9.32. The number of rotatable bonds is 7. The normalized spacial score (nSPS) is 13.0. The highest BCUT2D eigenvalue weighted by Crippen LogP contribution is 2.45. The van der Waals surface area contributed by atoms with Gasteiger partial charge in [0.25, 0.3) is 0 Å². The van der Waals surface area contributed by atoms with E-state index in [4.69, 9.17) is 4.74 Å². The van der Waals surface area contributed by atoms with Gasteiger partial charge in [-0.1, -0.05) is 12.1 Å². The van der Waals surface area contributed by atoms with E-state index in [-0.39, 0.29) is 26.9 Å². The Balaban J connectivity index is 2.11. The van der Waals surface area contributed by atoms with Crippen molar-refractivity contribution >= 4 is 38.1 Å². The molecular weight excluding hydrogens is 560 g/mol. The van der Waals surface area contributed by atoms with Gasteiger partial charge in [-0.15, -0.1) is 0 Å². The number of nitrogens with zero attached hydrogens (tertiary/aromatic N) is 1. The highest BCUT2D eigenvalue weighted by atomic mass is 79.9. The van der Waals surface area contributed by atoms with Gasteiger partial charge in [-0.05, 0) is 67.3 Å². The molecule has 0 fully saturated rings. The maximum Gasteiger partial charge on any atom is 0.462 e. The Labute approximate surface area is 181 Å². The van der Waals surface area contributed by atoms with E-state index in [2.05, 4.69) is 37.0 Å². The molecule has 0 saturated heterocycles. The molecule has 2 aromatic rings. The van der Waals surface area contributed by atoms with Crippen LogP contribution in [0.1, 0.15) is 11.1 Å². The molecule has 0 aromatic heterocycles. The van der Waals surface area contributed by atoms with Gasteiger partial charge in [-0.2, -0.15) is 35.8 Å². The number of nitrogens with one attached hydrogen (secondary N) is 1. The molecule has 30 heavy (non-hydrogen) atoms. The molecule has 0 heterocycles. The van der Waals surface area contributed by atoms with Crippen LogP contribution in [0, 0.1) is 5.82 Å². The minimum absolute atomic E-state index is 0.0112. The third-order valence-corrected chi connectivity index (χ3v) is 4.64. The summed E-state index contributed by atoms with van der Waals surface area (Å²) in [6.07, 6.45) is -5.85. The lowest BCUT2D eigenvalue weighted by molar-refractivity contribution is -0.361. The SMILES string of the molecule is Fc1cccc(COc2c(Br)cc(/C=N/NC(F)(F)C(F)(F)C(F)(F)F)cc2Br)c1. The molecule has 164 valence electrons. The standard InChI is InChI=1S/C17H10Br2F8N2O/c18-12-5-10(7-28-29-17(26,27)15(21,22)16(23,24)25)6-13(19)14(12)30-8-9-2-1-3-11(20)4-9/h1-7,29H,8H2/b28-7+. The average Bonchev–Trinajstić information content (AvgIpc) is 2.60. The van der Waals surface area contributed by atoms with Crippen LogP contribution in [0.25, 0.3) is 0 Å². The van der Waals surface area contributed by atoms with Crippen molar-refractivity contribution in [3.05, 3.63) is 62.3 Å². The molecule has 3 nitrogen and oxygen atoms in total. The number of alkyl halides is 7. The van der Waals surface area contributed by atoms with Gasteiger partial charge in [-0.25, -0.2) is 9.82 Å². The Morgan fingerprint density at radius 3 is 2.10 bits per heavy atom. The monoisotopic (exact) mass is 568 g/mol. The predicted octanol–water partition coefficient (Wildman–Crippen LogP) is 6.64. The fourth-order valence-corrected chi connectivity index (χ4v) is 3.46. The van der Waals surface area contributed by atoms with Gasteiger partial charge in [0.1, 0.15) is 18.2 Å². The summed E-state index contributed by atoms with van der Waals surface area (Å²) in [6.45, 7) is -0.0112. The number of hydrogen-bond acceptors (Lipinski definition) is 3. The van der Waals surface area contributed by atoms with Crippen LogP contribution in [0.2, 0.25) is 0 Å². The van der Waals surface area contributed by atoms with E-state index in [1.807, 2.05) is 0 Å². The molecule has 0 aliphatic heterocycles. The van der Waals surface area contributed by atoms with Gasteiger partial charge in [0, 0.05) is 0 Å². The van der Waals surface area contributed by atoms with Crippen molar-refractivity contribution in [1.29, 1.82) is 0 Å². The smallest absolute Gasteiger partial charge is 0.462 e. The molecule has 0 aliphatic rings. The van der Waals surface area contributed by atoms with Crippen molar-refractivity contribution in [3.8, 4) is 5.75 Å². The van der Waals surface area contributed by atoms with Crippen LogP contribution in [-0.2, 0) is 6.61 Å². The molecule has 0 bridgehead atoms. The fraction of sp³-hybridized carbons (Fsp3) is 0.235. The van der Waals surface area contributed by atoms with E-state index < -0.39 is 24.0 Å². The summed E-state index contributed by atoms with van der Waals surface area (Å²) in [5.74, 6) is -6.54. The molecule has 0 atom stereocenters. The van der Waals surface area contributed by atoms with E-state index >= 15 is 0 Å². The minimum atomic E-state index is -6.47. The number of ether oxygens (including phenoxy) is 1. The summed E-state index contributed by atoms with van der Waals surface area (Å²) in [6, 6.07) is 2.53. The van der Waals surface area contributed by atoms with E-state index in [1.165, 1.54) is 30.3 Å². The van der Waals surface area contributed by atoms with Gasteiger partial charge < -0.3 is 4.74 Å². The second-order valence-electron chi connectivity index (χ2n) is 5.75. The Hall–Kier alpha value is -1.89. The number of hydrazone groups is 1. The molecule has 0 unspecified atom stereocenters. The second-order valence-corrected chi connectivity index (χ2v) is 7.46. The van der Waals surface area contributed by atoms with Gasteiger partial charge in [-0.3, -0.25) is 0 Å². The van der Waals surface area contributed by atoms with Gasteiger partial charge in [0.05, 0.1) is 15.2 Å². The van der Waals surface area contributed by atoms with Crippen molar-refractivity contribution in [3.63, 3.8) is 0 Å². The number of benzene rings is 2. The largest absolute Gasteiger partial charge is 0.487 e. The van der Waals surface area contributed by atoms with E-state index in [9.17, 15) is 35.1 Å². The van der Waals surface area contributed by atoms with Crippen molar-refractivity contribution in [2.45, 2.75) is 24.8 Å². The minimum Gasteiger partial charge on any atom is -0.487 e. The highest BCUT2D eigenvalue weighted by molar-refractivity contribution is 9.11. The van der Waals surface area contributed by atoms with Crippen LogP contribution >= 0.6 is 31.9 Å². The molecular formula is C17H10Br2F8N2O. The molecule has 0 aliphatic carbocycles. The van der Waals surface area contributed by atoms with Crippen LogP contribution in [0.5, 0.6) is 5.75 Å². The summed E-state index contributed by atoms with van der Waals surface area (Å²) < 4.78 is 107. The Morgan fingerprint density at radius 1 is 0.967 bits per heavy atom. The average molecular weight is 570 g/mol. The summed E-state index contributed by atoms with van der Waals surface area (Å²) in [5, 5.41) is 2.78. The molecule has 2 aromatic carbocycles. The number of halogens is 10. The van der Waals surface area contributed by atoms with E-state index in [1.54, 1.807) is 6.07 Å². The van der Waals surface area contributed by atoms with Crippen LogP contribution in [0.15, 0.2) is 50.4 Å². The quantitative estimate of drug-likeness (QED) is 0.175. The van der Waals surface area contributed by atoms with Gasteiger partial charge in [0.2, 0.25) is 0 Å². The molecule has 0 saturated carbocycles. The first-order chi connectivity index (χ1) is 13.7. The zero-order valence-electron chi connectivity index (χ0n) is 14.4. The zero-order chi connectivity index (χ0) is 22.7. The van der Waals surface area contributed by atoms with Crippen molar-refractivity contribution in [2.24, 2.45) is 5.10 Å². The van der Waals surface area contributed by atoms with Crippen molar-refractivity contribution < 1.29 is 39.9 Å².